The van der Waals surface area contributed by atoms with Gasteiger partial charge in [0.15, 0.2) is 0 Å². The maximum absolute atomic E-state index is 4.48. The van der Waals surface area contributed by atoms with Crippen LogP contribution < -0.4 is 0 Å². The molecule has 0 saturated heterocycles. The summed E-state index contributed by atoms with van der Waals surface area (Å²) in [6, 6.07) is 8.39. The Balaban J connectivity index is 2.36. The molecule has 0 spiro atoms. The zero-order chi connectivity index (χ0) is 10.1. The van der Waals surface area contributed by atoms with Crippen molar-refractivity contribution in [1.82, 2.24) is 0 Å². The number of benzene rings is 1. The SMILES string of the molecule is C1=CC=Nc2c(sc3ccccc23)C=C1. The van der Waals surface area contributed by atoms with E-state index in [9.17, 15) is 0 Å². The van der Waals surface area contributed by atoms with Crippen molar-refractivity contribution in [3.63, 3.8) is 0 Å². The molecule has 0 unspecified atom stereocenters. The number of rotatable bonds is 0. The Hall–Kier alpha value is -1.67. The molecular weight excluding hydrogens is 202 g/mol. The van der Waals surface area contributed by atoms with Crippen molar-refractivity contribution in [2.75, 3.05) is 0 Å². The molecule has 1 aromatic heterocycles. The summed E-state index contributed by atoms with van der Waals surface area (Å²) < 4.78 is 1.30. The lowest BCUT2D eigenvalue weighted by molar-refractivity contribution is 1.61. The Bertz CT molecular complexity index is 588. The third-order valence-electron chi connectivity index (χ3n) is 2.36. The highest BCUT2D eigenvalue weighted by Gasteiger charge is 2.08. The van der Waals surface area contributed by atoms with Crippen LogP contribution in [0.2, 0.25) is 0 Å². The molecule has 1 aliphatic rings. The molecule has 0 aliphatic carbocycles. The van der Waals surface area contributed by atoms with E-state index in [0.717, 1.165) is 5.69 Å². The Labute approximate surface area is 92.1 Å². The van der Waals surface area contributed by atoms with Crippen molar-refractivity contribution >= 4 is 39.4 Å². The van der Waals surface area contributed by atoms with Crippen LogP contribution in [0.1, 0.15) is 4.88 Å². The molecule has 0 atom stereocenters. The van der Waals surface area contributed by atoms with E-state index in [2.05, 4.69) is 41.4 Å². The first-order chi connectivity index (χ1) is 7.45. The predicted molar refractivity (Wildman–Crippen MR) is 68.2 cm³/mol. The molecule has 1 nitrogen and oxygen atoms in total. The van der Waals surface area contributed by atoms with E-state index in [1.54, 1.807) is 11.3 Å². The van der Waals surface area contributed by atoms with E-state index >= 15 is 0 Å². The molecule has 15 heavy (non-hydrogen) atoms. The monoisotopic (exact) mass is 211 g/mol. The van der Waals surface area contributed by atoms with Crippen LogP contribution in [0.5, 0.6) is 0 Å². The van der Waals surface area contributed by atoms with Gasteiger partial charge in [-0.3, -0.25) is 4.99 Å². The average Bonchev–Trinajstić information content (AvgIpc) is 2.55. The van der Waals surface area contributed by atoms with Gasteiger partial charge in [-0.15, -0.1) is 11.3 Å². The number of aliphatic imine (C=N–C) groups is 1. The van der Waals surface area contributed by atoms with Crippen LogP contribution in [-0.4, -0.2) is 6.21 Å². The molecule has 0 bridgehead atoms. The van der Waals surface area contributed by atoms with Crippen LogP contribution in [0, 0.1) is 0 Å². The molecule has 0 fully saturated rings. The first-order valence-electron chi connectivity index (χ1n) is 4.84. The molecule has 1 aromatic carbocycles. The summed E-state index contributed by atoms with van der Waals surface area (Å²) in [7, 11) is 0. The lowest BCUT2D eigenvalue weighted by Gasteiger charge is -1.94. The molecule has 3 rings (SSSR count). The Kier molecular flexibility index (Phi) is 2.00. The highest BCUT2D eigenvalue weighted by Crippen LogP contribution is 2.38. The summed E-state index contributed by atoms with van der Waals surface area (Å²) in [5.41, 5.74) is 1.09. The largest absolute Gasteiger partial charge is 0.255 e. The second-order valence-corrected chi connectivity index (χ2v) is 4.42. The number of hydrogen-bond donors (Lipinski definition) is 0. The Morgan fingerprint density at radius 1 is 1.00 bits per heavy atom. The first kappa shape index (κ1) is 8.62. The second-order valence-electron chi connectivity index (χ2n) is 3.33. The Morgan fingerprint density at radius 2 is 1.93 bits per heavy atom. The van der Waals surface area contributed by atoms with Gasteiger partial charge in [-0.25, -0.2) is 0 Å². The lowest BCUT2D eigenvalue weighted by atomic mass is 10.2. The van der Waals surface area contributed by atoms with Gasteiger partial charge in [0.2, 0.25) is 0 Å². The van der Waals surface area contributed by atoms with Gasteiger partial charge in [0.25, 0.3) is 0 Å². The summed E-state index contributed by atoms with van der Waals surface area (Å²) in [5, 5.41) is 1.24. The smallest absolute Gasteiger partial charge is 0.0888 e. The van der Waals surface area contributed by atoms with Crippen LogP contribution >= 0.6 is 11.3 Å². The molecule has 2 aromatic rings. The number of nitrogens with zero attached hydrogens (tertiary/aromatic N) is 1. The van der Waals surface area contributed by atoms with Gasteiger partial charge in [0, 0.05) is 16.3 Å². The maximum atomic E-state index is 4.48. The van der Waals surface area contributed by atoms with Crippen molar-refractivity contribution < 1.29 is 0 Å². The van der Waals surface area contributed by atoms with Gasteiger partial charge < -0.3 is 0 Å². The van der Waals surface area contributed by atoms with Crippen LogP contribution in [0.25, 0.3) is 16.2 Å². The van der Waals surface area contributed by atoms with Crippen LogP contribution in [-0.2, 0) is 0 Å². The number of thiophene rings is 1. The second kappa shape index (κ2) is 3.48. The van der Waals surface area contributed by atoms with Crippen molar-refractivity contribution in [1.29, 1.82) is 0 Å². The standard InChI is InChI=1S/C13H9NS/c1-2-8-12-13(14-9-5-1)10-6-3-4-7-11(10)15-12/h1-9H. The predicted octanol–water partition coefficient (Wildman–Crippen LogP) is 4.19. The highest BCUT2D eigenvalue weighted by molar-refractivity contribution is 7.20. The van der Waals surface area contributed by atoms with Crippen molar-refractivity contribution in [3.8, 4) is 0 Å². The van der Waals surface area contributed by atoms with E-state index in [1.165, 1.54) is 15.0 Å². The lowest BCUT2D eigenvalue weighted by Crippen LogP contribution is -1.71. The normalized spacial score (nSPS) is 13.9. The van der Waals surface area contributed by atoms with Gasteiger partial charge in [0.05, 0.1) is 10.6 Å². The van der Waals surface area contributed by atoms with Gasteiger partial charge >= 0.3 is 0 Å². The molecule has 2 heterocycles. The van der Waals surface area contributed by atoms with Gasteiger partial charge in [-0.1, -0.05) is 30.4 Å². The molecular formula is C13H9NS. The minimum absolute atomic E-state index is 1.09. The van der Waals surface area contributed by atoms with Crippen LogP contribution in [0.4, 0.5) is 5.69 Å². The van der Waals surface area contributed by atoms with Gasteiger partial charge in [-0.05, 0) is 18.2 Å². The summed E-state index contributed by atoms with van der Waals surface area (Å²) in [6.45, 7) is 0. The van der Waals surface area contributed by atoms with Gasteiger partial charge in [0.1, 0.15) is 0 Å². The summed E-state index contributed by atoms with van der Waals surface area (Å²) >= 11 is 1.79. The molecule has 0 radical (unpaired) electrons. The number of hydrogen-bond acceptors (Lipinski definition) is 2. The molecule has 0 saturated carbocycles. The van der Waals surface area contributed by atoms with E-state index in [0.29, 0.717) is 0 Å². The van der Waals surface area contributed by atoms with E-state index in [4.69, 9.17) is 0 Å². The number of allylic oxidation sites excluding steroid dienone is 3. The first-order valence-corrected chi connectivity index (χ1v) is 5.66. The molecule has 0 N–H and O–H groups in total. The van der Waals surface area contributed by atoms with Crippen molar-refractivity contribution in [2.45, 2.75) is 0 Å². The third-order valence-corrected chi connectivity index (χ3v) is 3.48. The maximum Gasteiger partial charge on any atom is 0.0888 e. The highest BCUT2D eigenvalue weighted by atomic mass is 32.1. The minimum Gasteiger partial charge on any atom is -0.255 e. The minimum atomic E-state index is 1.09. The summed E-state index contributed by atoms with van der Waals surface area (Å²) in [6.07, 6.45) is 9.97. The van der Waals surface area contributed by atoms with E-state index in [-0.39, 0.29) is 0 Å². The van der Waals surface area contributed by atoms with Gasteiger partial charge in [-0.2, -0.15) is 0 Å². The zero-order valence-electron chi connectivity index (χ0n) is 8.05. The topological polar surface area (TPSA) is 12.4 Å². The van der Waals surface area contributed by atoms with Crippen LogP contribution in [0.15, 0.2) is 47.5 Å². The molecule has 72 valence electrons. The average molecular weight is 211 g/mol. The zero-order valence-corrected chi connectivity index (χ0v) is 8.87. The molecule has 1 aliphatic heterocycles. The van der Waals surface area contributed by atoms with Crippen LogP contribution in [0.3, 0.4) is 0 Å². The fraction of sp³-hybridized carbons (Fsp3) is 0. The summed E-state index contributed by atoms with van der Waals surface area (Å²) in [5.74, 6) is 0. The fourth-order valence-electron chi connectivity index (χ4n) is 1.67. The molecule has 2 heteroatoms. The number of fused-ring (bicyclic) bond motifs is 3. The van der Waals surface area contributed by atoms with E-state index in [1.807, 2.05) is 18.4 Å². The van der Waals surface area contributed by atoms with Crippen molar-refractivity contribution in [3.05, 3.63) is 47.4 Å². The fourth-order valence-corrected chi connectivity index (χ4v) is 2.74. The van der Waals surface area contributed by atoms with E-state index < -0.39 is 0 Å². The van der Waals surface area contributed by atoms with Crippen molar-refractivity contribution in [2.24, 2.45) is 4.99 Å². The summed E-state index contributed by atoms with van der Waals surface area (Å²) in [4.78, 5) is 5.72. The molecule has 0 amide bonds. The Morgan fingerprint density at radius 3 is 2.93 bits per heavy atom. The third kappa shape index (κ3) is 1.43. The quantitative estimate of drug-likeness (QED) is 0.619.